The molecule has 2 saturated heterocycles. The summed E-state index contributed by atoms with van der Waals surface area (Å²) in [6, 6.07) is 0.537. The van der Waals surface area contributed by atoms with Crippen LogP contribution in [0.5, 0.6) is 0 Å². The molecule has 1 amide bonds. The standard InChI is InChI=1S/C18H32N2O/c1-14-6-5-7-16(14)18(21)20-13-4-2-3-8-17(20)15-9-11-19-12-10-15/h14-17,19H,2-13H2,1H3. The molecule has 120 valence electrons. The van der Waals surface area contributed by atoms with E-state index in [1.165, 1.54) is 51.4 Å². The zero-order chi connectivity index (χ0) is 14.7. The number of carbonyl (C=O) groups is 1. The Morgan fingerprint density at radius 3 is 2.48 bits per heavy atom. The summed E-state index contributed by atoms with van der Waals surface area (Å²) >= 11 is 0. The maximum absolute atomic E-state index is 13.1. The van der Waals surface area contributed by atoms with E-state index in [1.54, 1.807) is 0 Å². The first-order chi connectivity index (χ1) is 10.3. The molecule has 0 aromatic rings. The third-order valence-electron chi connectivity index (χ3n) is 6.19. The largest absolute Gasteiger partial charge is 0.339 e. The second kappa shape index (κ2) is 7.13. The number of nitrogens with zero attached hydrogens (tertiary/aromatic N) is 1. The van der Waals surface area contributed by atoms with Gasteiger partial charge < -0.3 is 10.2 Å². The average Bonchev–Trinajstić information content (AvgIpc) is 2.80. The van der Waals surface area contributed by atoms with Crippen LogP contribution in [-0.2, 0) is 4.79 Å². The third-order valence-corrected chi connectivity index (χ3v) is 6.19. The van der Waals surface area contributed by atoms with Gasteiger partial charge in [0.25, 0.3) is 0 Å². The second-order valence-electron chi connectivity index (χ2n) is 7.55. The van der Waals surface area contributed by atoms with Crippen molar-refractivity contribution in [1.29, 1.82) is 0 Å². The van der Waals surface area contributed by atoms with Crippen LogP contribution in [0.3, 0.4) is 0 Å². The highest BCUT2D eigenvalue weighted by Crippen LogP contribution is 2.36. The lowest BCUT2D eigenvalue weighted by Crippen LogP contribution is -2.49. The van der Waals surface area contributed by atoms with Gasteiger partial charge in [-0.3, -0.25) is 4.79 Å². The highest BCUT2D eigenvalue weighted by Gasteiger charge is 2.38. The zero-order valence-electron chi connectivity index (χ0n) is 13.7. The fourth-order valence-electron chi connectivity index (χ4n) is 4.85. The Bertz CT molecular complexity index is 351. The van der Waals surface area contributed by atoms with E-state index in [0.29, 0.717) is 23.8 Å². The minimum atomic E-state index is 0.326. The summed E-state index contributed by atoms with van der Waals surface area (Å²) in [5.41, 5.74) is 0. The molecule has 0 aromatic carbocycles. The van der Waals surface area contributed by atoms with Gasteiger partial charge in [-0.2, -0.15) is 0 Å². The molecule has 0 aromatic heterocycles. The molecule has 1 saturated carbocycles. The number of rotatable bonds is 2. The number of carbonyl (C=O) groups excluding carboxylic acids is 1. The molecular formula is C18H32N2O. The van der Waals surface area contributed by atoms with Crippen LogP contribution in [-0.4, -0.2) is 36.5 Å². The number of piperidine rings is 1. The predicted molar refractivity (Wildman–Crippen MR) is 86.1 cm³/mol. The monoisotopic (exact) mass is 292 g/mol. The molecule has 3 rings (SSSR count). The third kappa shape index (κ3) is 3.44. The number of amides is 1. The molecule has 0 bridgehead atoms. The predicted octanol–water partition coefficient (Wildman–Crippen LogP) is 3.19. The average molecular weight is 292 g/mol. The van der Waals surface area contributed by atoms with Crippen molar-refractivity contribution in [2.24, 2.45) is 17.8 Å². The Morgan fingerprint density at radius 1 is 0.952 bits per heavy atom. The van der Waals surface area contributed by atoms with Crippen LogP contribution < -0.4 is 5.32 Å². The smallest absolute Gasteiger partial charge is 0.226 e. The molecule has 3 fully saturated rings. The van der Waals surface area contributed by atoms with E-state index in [0.717, 1.165) is 32.0 Å². The summed E-state index contributed by atoms with van der Waals surface area (Å²) in [4.78, 5) is 15.5. The van der Waals surface area contributed by atoms with Gasteiger partial charge in [0.2, 0.25) is 5.91 Å². The molecule has 3 aliphatic rings. The normalized spacial score (nSPS) is 35.7. The fraction of sp³-hybridized carbons (Fsp3) is 0.944. The van der Waals surface area contributed by atoms with E-state index < -0.39 is 0 Å². The SMILES string of the molecule is CC1CCCC1C(=O)N1CCCCCC1C1CCNCC1. The molecule has 2 aliphatic heterocycles. The lowest BCUT2D eigenvalue weighted by molar-refractivity contribution is -0.140. The Labute approximate surface area is 129 Å². The van der Waals surface area contributed by atoms with Crippen LogP contribution in [0.4, 0.5) is 0 Å². The van der Waals surface area contributed by atoms with E-state index in [-0.39, 0.29) is 0 Å². The van der Waals surface area contributed by atoms with Crippen molar-refractivity contribution in [3.63, 3.8) is 0 Å². The van der Waals surface area contributed by atoms with Crippen LogP contribution in [0, 0.1) is 17.8 Å². The van der Waals surface area contributed by atoms with Gasteiger partial charge in [-0.05, 0) is 63.5 Å². The molecule has 3 heteroatoms. The number of nitrogens with one attached hydrogen (secondary N) is 1. The molecule has 0 spiro atoms. The zero-order valence-corrected chi connectivity index (χ0v) is 13.7. The quantitative estimate of drug-likeness (QED) is 0.847. The molecule has 1 aliphatic carbocycles. The summed E-state index contributed by atoms with van der Waals surface area (Å²) in [6.45, 7) is 5.59. The summed E-state index contributed by atoms with van der Waals surface area (Å²) in [5, 5.41) is 3.47. The lowest BCUT2D eigenvalue weighted by Gasteiger charge is -2.39. The lowest BCUT2D eigenvalue weighted by atomic mass is 9.85. The summed E-state index contributed by atoms with van der Waals surface area (Å²) < 4.78 is 0. The van der Waals surface area contributed by atoms with E-state index in [1.807, 2.05) is 0 Å². The Morgan fingerprint density at radius 2 is 1.76 bits per heavy atom. The van der Waals surface area contributed by atoms with E-state index >= 15 is 0 Å². The number of hydrogen-bond acceptors (Lipinski definition) is 2. The van der Waals surface area contributed by atoms with Gasteiger partial charge in [-0.15, -0.1) is 0 Å². The summed E-state index contributed by atoms with van der Waals surface area (Å²) in [6.07, 6.45) is 11.3. The van der Waals surface area contributed by atoms with Crippen molar-refractivity contribution in [1.82, 2.24) is 10.2 Å². The van der Waals surface area contributed by atoms with Crippen LogP contribution in [0.2, 0.25) is 0 Å². The molecule has 3 unspecified atom stereocenters. The van der Waals surface area contributed by atoms with Crippen LogP contribution in [0.15, 0.2) is 0 Å². The summed E-state index contributed by atoms with van der Waals surface area (Å²) in [7, 11) is 0. The van der Waals surface area contributed by atoms with Gasteiger partial charge in [0.05, 0.1) is 0 Å². The maximum atomic E-state index is 13.1. The van der Waals surface area contributed by atoms with Gasteiger partial charge in [0, 0.05) is 18.5 Å². The minimum absolute atomic E-state index is 0.326. The Kier molecular flexibility index (Phi) is 5.20. The first-order valence-corrected chi connectivity index (χ1v) is 9.28. The van der Waals surface area contributed by atoms with E-state index in [4.69, 9.17) is 0 Å². The van der Waals surface area contributed by atoms with Gasteiger partial charge in [0.1, 0.15) is 0 Å². The maximum Gasteiger partial charge on any atom is 0.226 e. The Balaban J connectivity index is 1.72. The molecule has 0 radical (unpaired) electrons. The van der Waals surface area contributed by atoms with Gasteiger partial charge >= 0.3 is 0 Å². The first kappa shape index (κ1) is 15.3. The van der Waals surface area contributed by atoms with E-state index in [9.17, 15) is 4.79 Å². The Hall–Kier alpha value is -0.570. The summed E-state index contributed by atoms with van der Waals surface area (Å²) in [5.74, 6) is 2.18. The van der Waals surface area contributed by atoms with Crippen molar-refractivity contribution in [2.45, 2.75) is 70.8 Å². The fourth-order valence-corrected chi connectivity index (χ4v) is 4.85. The highest BCUT2D eigenvalue weighted by atomic mass is 16.2. The number of likely N-dealkylation sites (tertiary alicyclic amines) is 1. The van der Waals surface area contributed by atoms with Crippen LogP contribution in [0.25, 0.3) is 0 Å². The van der Waals surface area contributed by atoms with Gasteiger partial charge in [-0.25, -0.2) is 0 Å². The molecule has 21 heavy (non-hydrogen) atoms. The molecule has 3 nitrogen and oxygen atoms in total. The van der Waals surface area contributed by atoms with Crippen molar-refractivity contribution in [3.8, 4) is 0 Å². The highest BCUT2D eigenvalue weighted by molar-refractivity contribution is 5.79. The second-order valence-corrected chi connectivity index (χ2v) is 7.55. The van der Waals surface area contributed by atoms with Gasteiger partial charge in [-0.1, -0.05) is 26.2 Å². The van der Waals surface area contributed by atoms with Crippen LogP contribution >= 0.6 is 0 Å². The molecular weight excluding hydrogens is 260 g/mol. The van der Waals surface area contributed by atoms with E-state index in [2.05, 4.69) is 17.1 Å². The molecule has 1 N–H and O–H groups in total. The van der Waals surface area contributed by atoms with Gasteiger partial charge in [0.15, 0.2) is 0 Å². The van der Waals surface area contributed by atoms with Crippen molar-refractivity contribution in [3.05, 3.63) is 0 Å². The molecule has 3 atom stereocenters. The van der Waals surface area contributed by atoms with Crippen molar-refractivity contribution < 1.29 is 4.79 Å². The first-order valence-electron chi connectivity index (χ1n) is 9.28. The minimum Gasteiger partial charge on any atom is -0.339 e. The van der Waals surface area contributed by atoms with Crippen molar-refractivity contribution in [2.75, 3.05) is 19.6 Å². The van der Waals surface area contributed by atoms with Crippen molar-refractivity contribution >= 4 is 5.91 Å². The van der Waals surface area contributed by atoms with Crippen LogP contribution in [0.1, 0.15) is 64.7 Å². The topological polar surface area (TPSA) is 32.3 Å². The number of hydrogen-bond donors (Lipinski definition) is 1. The molecule has 2 heterocycles.